The summed E-state index contributed by atoms with van der Waals surface area (Å²) in [5.41, 5.74) is 3.63. The van der Waals surface area contributed by atoms with Crippen LogP contribution in [-0.4, -0.2) is 16.0 Å². The molecule has 0 saturated heterocycles. The van der Waals surface area contributed by atoms with Gasteiger partial charge in [-0.15, -0.1) is 0 Å². The lowest BCUT2D eigenvalue weighted by molar-refractivity contribution is -0.121. The number of amides is 1. The van der Waals surface area contributed by atoms with Crippen LogP contribution in [-0.2, 0) is 11.2 Å². The summed E-state index contributed by atoms with van der Waals surface area (Å²) in [6, 6.07) is 6.12. The number of aromatic nitrogens is 2. The van der Waals surface area contributed by atoms with Crippen molar-refractivity contribution in [2.75, 3.05) is 0 Å². The van der Waals surface area contributed by atoms with Crippen molar-refractivity contribution in [1.82, 2.24) is 15.5 Å². The van der Waals surface area contributed by atoms with Gasteiger partial charge in [0.05, 0.1) is 6.04 Å². The molecule has 20 heavy (non-hydrogen) atoms. The van der Waals surface area contributed by atoms with E-state index in [9.17, 15) is 4.79 Å². The van der Waals surface area contributed by atoms with Crippen LogP contribution in [0.2, 0.25) is 0 Å². The van der Waals surface area contributed by atoms with Gasteiger partial charge >= 0.3 is 0 Å². The number of aryl methyl sites for hydroxylation is 3. The second-order valence-electron chi connectivity index (χ2n) is 5.07. The van der Waals surface area contributed by atoms with E-state index in [0.717, 1.165) is 6.42 Å². The Kier molecular flexibility index (Phi) is 4.50. The molecule has 0 aliphatic rings. The molecule has 1 aromatic heterocycles. The summed E-state index contributed by atoms with van der Waals surface area (Å²) in [5, 5.41) is 6.57. The summed E-state index contributed by atoms with van der Waals surface area (Å²) in [4.78, 5) is 15.8. The maximum absolute atomic E-state index is 11.9. The second-order valence-corrected chi connectivity index (χ2v) is 5.07. The fourth-order valence-corrected chi connectivity index (χ4v) is 2.22. The monoisotopic (exact) mass is 273 g/mol. The predicted molar refractivity (Wildman–Crippen MR) is 75.1 cm³/mol. The van der Waals surface area contributed by atoms with E-state index >= 15 is 0 Å². The summed E-state index contributed by atoms with van der Waals surface area (Å²) in [6.45, 7) is 5.96. The van der Waals surface area contributed by atoms with Gasteiger partial charge in [0, 0.05) is 6.42 Å². The van der Waals surface area contributed by atoms with Gasteiger partial charge in [-0.1, -0.05) is 34.5 Å². The van der Waals surface area contributed by atoms with Crippen molar-refractivity contribution in [2.45, 2.75) is 39.7 Å². The molecule has 5 heteroatoms. The van der Waals surface area contributed by atoms with E-state index in [4.69, 9.17) is 0 Å². The number of carbonyl (C=O) groups excluding carboxylic acids is 1. The normalized spacial score (nSPS) is 12.2. The lowest BCUT2D eigenvalue weighted by atomic mass is 10.0. The predicted octanol–water partition coefficient (Wildman–Crippen LogP) is 2.50. The smallest absolute Gasteiger partial charge is 0.220 e. The quantitative estimate of drug-likeness (QED) is 0.908. The molecule has 1 heterocycles. The zero-order valence-corrected chi connectivity index (χ0v) is 12.0. The van der Waals surface area contributed by atoms with Crippen LogP contribution in [0, 0.1) is 13.8 Å². The van der Waals surface area contributed by atoms with E-state index in [-0.39, 0.29) is 11.9 Å². The average molecular weight is 273 g/mol. The van der Waals surface area contributed by atoms with Gasteiger partial charge in [0.2, 0.25) is 12.3 Å². The molecule has 5 nitrogen and oxygen atoms in total. The highest BCUT2D eigenvalue weighted by Crippen LogP contribution is 2.11. The molecule has 0 saturated carbocycles. The van der Waals surface area contributed by atoms with Crippen LogP contribution in [0.15, 0.2) is 29.1 Å². The first-order valence-corrected chi connectivity index (χ1v) is 6.67. The van der Waals surface area contributed by atoms with Gasteiger partial charge in [0.25, 0.3) is 0 Å². The number of nitrogens with one attached hydrogen (secondary N) is 1. The van der Waals surface area contributed by atoms with Gasteiger partial charge in [-0.2, -0.15) is 4.98 Å². The van der Waals surface area contributed by atoms with Crippen LogP contribution >= 0.6 is 0 Å². The van der Waals surface area contributed by atoms with Crippen molar-refractivity contribution < 1.29 is 9.32 Å². The number of rotatable bonds is 5. The highest BCUT2D eigenvalue weighted by Gasteiger charge is 2.13. The Balaban J connectivity index is 1.86. The van der Waals surface area contributed by atoms with Crippen LogP contribution in [0.1, 0.15) is 41.9 Å². The number of benzene rings is 1. The molecule has 106 valence electrons. The van der Waals surface area contributed by atoms with Crippen LogP contribution in [0.3, 0.4) is 0 Å². The minimum atomic E-state index is -0.236. The molecule has 1 atom stereocenters. The molecular weight excluding hydrogens is 254 g/mol. The zero-order valence-electron chi connectivity index (χ0n) is 12.0. The molecule has 1 N–H and O–H groups in total. The van der Waals surface area contributed by atoms with E-state index in [1.165, 1.54) is 23.1 Å². The molecule has 0 aliphatic carbocycles. The van der Waals surface area contributed by atoms with Crippen LogP contribution in [0.4, 0.5) is 0 Å². The molecule has 0 bridgehead atoms. The van der Waals surface area contributed by atoms with E-state index in [1.54, 1.807) is 0 Å². The van der Waals surface area contributed by atoms with Crippen molar-refractivity contribution in [3.63, 3.8) is 0 Å². The van der Waals surface area contributed by atoms with E-state index in [0.29, 0.717) is 12.2 Å². The summed E-state index contributed by atoms with van der Waals surface area (Å²) < 4.78 is 4.66. The van der Waals surface area contributed by atoms with Crippen molar-refractivity contribution in [3.8, 4) is 0 Å². The van der Waals surface area contributed by atoms with Crippen molar-refractivity contribution in [3.05, 3.63) is 47.1 Å². The molecule has 1 aromatic carbocycles. The highest BCUT2D eigenvalue weighted by molar-refractivity contribution is 5.76. The van der Waals surface area contributed by atoms with Crippen LogP contribution < -0.4 is 5.32 Å². The third-order valence-corrected chi connectivity index (χ3v) is 3.07. The van der Waals surface area contributed by atoms with Crippen LogP contribution in [0.5, 0.6) is 0 Å². The van der Waals surface area contributed by atoms with Gasteiger partial charge in [0.15, 0.2) is 5.82 Å². The van der Waals surface area contributed by atoms with Crippen molar-refractivity contribution >= 4 is 5.91 Å². The molecular formula is C15H19N3O2. The third-order valence-electron chi connectivity index (χ3n) is 3.07. The van der Waals surface area contributed by atoms with Gasteiger partial charge < -0.3 is 9.84 Å². The molecule has 2 rings (SSSR count). The third kappa shape index (κ3) is 3.91. The molecule has 1 amide bonds. The molecule has 1 unspecified atom stereocenters. The lowest BCUT2D eigenvalue weighted by Gasteiger charge is -2.10. The molecule has 0 aliphatic heterocycles. The maximum atomic E-state index is 11.9. The Hall–Kier alpha value is -2.17. The molecule has 2 aromatic rings. The maximum Gasteiger partial charge on any atom is 0.220 e. The Morgan fingerprint density at radius 2 is 2.00 bits per heavy atom. The molecule has 0 radical (unpaired) electrons. The van der Waals surface area contributed by atoms with E-state index in [1.807, 2.05) is 6.92 Å². The minimum Gasteiger partial charge on any atom is -0.346 e. The topological polar surface area (TPSA) is 68.0 Å². The fraction of sp³-hybridized carbons (Fsp3) is 0.400. The highest BCUT2D eigenvalue weighted by atomic mass is 16.5. The largest absolute Gasteiger partial charge is 0.346 e. The number of nitrogens with zero attached hydrogens (tertiary/aromatic N) is 2. The Morgan fingerprint density at radius 3 is 2.60 bits per heavy atom. The van der Waals surface area contributed by atoms with Gasteiger partial charge in [-0.3, -0.25) is 4.79 Å². The first kappa shape index (κ1) is 14.2. The van der Waals surface area contributed by atoms with Crippen LogP contribution in [0.25, 0.3) is 0 Å². The lowest BCUT2D eigenvalue weighted by Crippen LogP contribution is -2.27. The molecule has 0 spiro atoms. The van der Waals surface area contributed by atoms with E-state index < -0.39 is 0 Å². The fourth-order valence-electron chi connectivity index (χ4n) is 2.22. The SMILES string of the molecule is Cc1cc(C)cc(CCC(=O)NC(C)c2ncon2)c1. The average Bonchev–Trinajstić information content (AvgIpc) is 2.89. The standard InChI is InChI=1S/C15H19N3O2/c1-10-6-11(2)8-13(7-10)4-5-14(19)17-12(3)15-16-9-20-18-15/h6-9,12H,4-5H2,1-3H3,(H,17,19). The minimum absolute atomic E-state index is 0.0125. The Morgan fingerprint density at radius 1 is 1.30 bits per heavy atom. The second kappa shape index (κ2) is 6.32. The summed E-state index contributed by atoms with van der Waals surface area (Å²) in [5.74, 6) is 0.478. The van der Waals surface area contributed by atoms with Crippen molar-refractivity contribution in [2.24, 2.45) is 0 Å². The van der Waals surface area contributed by atoms with Crippen molar-refractivity contribution in [1.29, 1.82) is 0 Å². The van der Waals surface area contributed by atoms with Gasteiger partial charge in [0.1, 0.15) is 0 Å². The number of hydrogen-bond donors (Lipinski definition) is 1. The first-order chi connectivity index (χ1) is 9.54. The Bertz CT molecular complexity index is 559. The summed E-state index contributed by atoms with van der Waals surface area (Å²) in [7, 11) is 0. The number of hydrogen-bond acceptors (Lipinski definition) is 4. The van der Waals surface area contributed by atoms with Gasteiger partial charge in [-0.25, -0.2) is 0 Å². The van der Waals surface area contributed by atoms with E-state index in [2.05, 4.69) is 52.0 Å². The molecule has 0 fully saturated rings. The summed E-state index contributed by atoms with van der Waals surface area (Å²) >= 11 is 0. The summed E-state index contributed by atoms with van der Waals surface area (Å²) in [6.07, 6.45) is 2.44. The Labute approximate surface area is 118 Å². The zero-order chi connectivity index (χ0) is 14.5. The number of carbonyl (C=O) groups is 1. The van der Waals surface area contributed by atoms with Gasteiger partial charge in [-0.05, 0) is 32.8 Å². The first-order valence-electron chi connectivity index (χ1n) is 6.67.